The Kier molecular flexibility index (Phi) is 3.79. The minimum atomic E-state index is -0.0501. The first-order chi connectivity index (χ1) is 17.6. The van der Waals surface area contributed by atoms with Crippen LogP contribution in [-0.2, 0) is 5.41 Å². The lowest BCUT2D eigenvalue weighted by atomic mass is 9.81. The fraction of sp³-hybridized carbons (Fsp3) is 0.0857. The molecule has 0 saturated heterocycles. The average Bonchev–Trinajstić information content (AvgIpc) is 3.36. The molecule has 170 valence electrons. The van der Waals surface area contributed by atoms with E-state index in [1.807, 2.05) is 0 Å². The maximum Gasteiger partial charge on any atom is 0.0547 e. The maximum absolute atomic E-state index is 2.48. The van der Waals surface area contributed by atoms with Crippen LogP contribution in [0.1, 0.15) is 25.0 Å². The van der Waals surface area contributed by atoms with Gasteiger partial charge in [-0.05, 0) is 62.7 Å². The molecule has 0 atom stereocenters. The van der Waals surface area contributed by atoms with Gasteiger partial charge < -0.3 is 4.57 Å². The molecule has 1 aliphatic carbocycles. The maximum atomic E-state index is 2.48. The van der Waals surface area contributed by atoms with E-state index in [2.05, 4.69) is 134 Å². The minimum absolute atomic E-state index is 0.0501. The fourth-order valence-electron chi connectivity index (χ4n) is 6.63. The van der Waals surface area contributed by atoms with Crippen molar-refractivity contribution in [1.29, 1.82) is 0 Å². The highest BCUT2D eigenvalue weighted by atomic mass is 15.0. The molecule has 1 heteroatoms. The smallest absolute Gasteiger partial charge is 0.0547 e. The Morgan fingerprint density at radius 2 is 1.17 bits per heavy atom. The van der Waals surface area contributed by atoms with E-state index in [0.29, 0.717) is 0 Å². The molecule has 0 N–H and O–H groups in total. The number of para-hydroxylation sites is 1. The third-order valence-electron chi connectivity index (χ3n) is 8.36. The first kappa shape index (κ1) is 19.9. The summed E-state index contributed by atoms with van der Waals surface area (Å²) in [6.07, 6.45) is 0. The zero-order valence-electron chi connectivity index (χ0n) is 20.4. The van der Waals surface area contributed by atoms with E-state index < -0.39 is 0 Å². The van der Waals surface area contributed by atoms with Gasteiger partial charge in [-0.3, -0.25) is 0 Å². The Hall–Kier alpha value is -4.36. The third kappa shape index (κ3) is 2.45. The quantitative estimate of drug-likeness (QED) is 0.230. The van der Waals surface area contributed by atoms with Gasteiger partial charge in [0.2, 0.25) is 0 Å². The summed E-state index contributed by atoms with van der Waals surface area (Å²) in [4.78, 5) is 0. The number of hydrogen-bond donors (Lipinski definition) is 0. The molecule has 0 radical (unpaired) electrons. The van der Waals surface area contributed by atoms with E-state index >= 15 is 0 Å². The normalized spacial score (nSPS) is 14.1. The summed E-state index contributed by atoms with van der Waals surface area (Å²) in [5.41, 5.74) is 9.30. The van der Waals surface area contributed by atoms with Crippen LogP contribution in [0, 0.1) is 0 Å². The van der Waals surface area contributed by atoms with E-state index in [9.17, 15) is 0 Å². The molecule has 0 unspecified atom stereocenters. The summed E-state index contributed by atoms with van der Waals surface area (Å²) in [6, 6.07) is 42.6. The van der Waals surface area contributed by atoms with Gasteiger partial charge in [0.25, 0.3) is 0 Å². The molecule has 7 aromatic rings. The molecule has 1 heterocycles. The highest BCUT2D eigenvalue weighted by molar-refractivity contribution is 6.14. The molecule has 8 rings (SSSR count). The van der Waals surface area contributed by atoms with Crippen molar-refractivity contribution < 1.29 is 0 Å². The van der Waals surface area contributed by atoms with Gasteiger partial charge in [-0.1, -0.05) is 105 Å². The van der Waals surface area contributed by atoms with Crippen LogP contribution in [0.25, 0.3) is 60.2 Å². The minimum Gasteiger partial charge on any atom is -0.309 e. The van der Waals surface area contributed by atoms with Gasteiger partial charge in [0, 0.05) is 21.6 Å². The van der Waals surface area contributed by atoms with Crippen molar-refractivity contribution in [3.05, 3.63) is 126 Å². The predicted octanol–water partition coefficient (Wildman–Crippen LogP) is 9.40. The molecule has 0 aliphatic heterocycles. The van der Waals surface area contributed by atoms with E-state index in [1.165, 1.54) is 71.3 Å². The summed E-state index contributed by atoms with van der Waals surface area (Å²) in [6.45, 7) is 4.75. The van der Waals surface area contributed by atoms with Crippen molar-refractivity contribution in [3.8, 4) is 16.8 Å². The van der Waals surface area contributed by atoms with Gasteiger partial charge in [-0.25, -0.2) is 0 Å². The Morgan fingerprint density at radius 3 is 2.00 bits per heavy atom. The van der Waals surface area contributed by atoms with Crippen molar-refractivity contribution in [1.82, 2.24) is 4.57 Å². The zero-order chi connectivity index (χ0) is 24.0. The standard InChI is InChI=1S/C35H25N/c1-35(2)29-19-18-23-11-4-6-14-25(23)34(29)28-21-33-27(20-30(28)35)26-15-7-8-16-32(26)36(33)31-17-9-12-22-10-3-5-13-24(22)31/h3-21H,1-2H3. The lowest BCUT2D eigenvalue weighted by Gasteiger charge is -2.21. The Labute approximate surface area is 210 Å². The van der Waals surface area contributed by atoms with Crippen molar-refractivity contribution in [2.45, 2.75) is 19.3 Å². The van der Waals surface area contributed by atoms with Crippen LogP contribution < -0.4 is 0 Å². The van der Waals surface area contributed by atoms with Gasteiger partial charge in [-0.2, -0.15) is 0 Å². The Morgan fingerprint density at radius 1 is 0.500 bits per heavy atom. The second-order valence-electron chi connectivity index (χ2n) is 10.6. The first-order valence-corrected chi connectivity index (χ1v) is 12.7. The molecule has 0 fully saturated rings. The second-order valence-corrected chi connectivity index (χ2v) is 10.6. The predicted molar refractivity (Wildman–Crippen MR) is 153 cm³/mol. The van der Waals surface area contributed by atoms with Crippen LogP contribution in [0.15, 0.2) is 115 Å². The van der Waals surface area contributed by atoms with Crippen molar-refractivity contribution >= 4 is 43.4 Å². The number of fused-ring (bicyclic) bond motifs is 9. The molecule has 6 aromatic carbocycles. The lowest BCUT2D eigenvalue weighted by molar-refractivity contribution is 0.661. The number of benzene rings is 6. The number of rotatable bonds is 1. The summed E-state index contributed by atoms with van der Waals surface area (Å²) in [5, 5.41) is 7.81. The molecular weight excluding hydrogens is 434 g/mol. The van der Waals surface area contributed by atoms with Gasteiger partial charge in [0.05, 0.1) is 16.7 Å². The Bertz CT molecular complexity index is 2010. The Balaban J connectivity index is 1.56. The SMILES string of the molecule is CC1(C)c2cc3c4ccccc4n(-c4cccc5ccccc45)c3cc2-c2c1ccc1ccccc21. The topological polar surface area (TPSA) is 4.93 Å². The summed E-state index contributed by atoms with van der Waals surface area (Å²) in [5.74, 6) is 0. The van der Waals surface area contributed by atoms with Crippen molar-refractivity contribution in [2.24, 2.45) is 0 Å². The molecule has 1 aliphatic rings. The first-order valence-electron chi connectivity index (χ1n) is 12.7. The monoisotopic (exact) mass is 459 g/mol. The van der Waals surface area contributed by atoms with Crippen LogP contribution in [0.3, 0.4) is 0 Å². The fourth-order valence-corrected chi connectivity index (χ4v) is 6.63. The number of hydrogen-bond acceptors (Lipinski definition) is 0. The lowest BCUT2D eigenvalue weighted by Crippen LogP contribution is -2.14. The highest BCUT2D eigenvalue weighted by Gasteiger charge is 2.37. The molecular formula is C35H25N. The summed E-state index contributed by atoms with van der Waals surface area (Å²) < 4.78 is 2.48. The van der Waals surface area contributed by atoms with Crippen LogP contribution in [-0.4, -0.2) is 4.57 Å². The number of nitrogens with zero attached hydrogens (tertiary/aromatic N) is 1. The van der Waals surface area contributed by atoms with Crippen LogP contribution in [0.5, 0.6) is 0 Å². The molecule has 1 aromatic heterocycles. The van der Waals surface area contributed by atoms with Crippen LogP contribution >= 0.6 is 0 Å². The molecule has 0 saturated carbocycles. The van der Waals surface area contributed by atoms with Crippen molar-refractivity contribution in [3.63, 3.8) is 0 Å². The second kappa shape index (κ2) is 6.86. The van der Waals surface area contributed by atoms with Gasteiger partial charge in [0.15, 0.2) is 0 Å². The van der Waals surface area contributed by atoms with Gasteiger partial charge in [0.1, 0.15) is 0 Å². The van der Waals surface area contributed by atoms with E-state index in [1.54, 1.807) is 0 Å². The third-order valence-corrected chi connectivity index (χ3v) is 8.36. The van der Waals surface area contributed by atoms with Crippen LogP contribution in [0.4, 0.5) is 0 Å². The van der Waals surface area contributed by atoms with E-state index in [-0.39, 0.29) is 5.41 Å². The summed E-state index contributed by atoms with van der Waals surface area (Å²) >= 11 is 0. The largest absolute Gasteiger partial charge is 0.309 e. The molecule has 1 nitrogen and oxygen atoms in total. The average molecular weight is 460 g/mol. The van der Waals surface area contributed by atoms with E-state index in [0.717, 1.165) is 0 Å². The highest BCUT2D eigenvalue weighted by Crippen LogP contribution is 2.53. The van der Waals surface area contributed by atoms with Crippen molar-refractivity contribution in [2.75, 3.05) is 0 Å². The summed E-state index contributed by atoms with van der Waals surface area (Å²) in [7, 11) is 0. The molecule has 0 amide bonds. The molecule has 0 bridgehead atoms. The van der Waals surface area contributed by atoms with Gasteiger partial charge >= 0.3 is 0 Å². The van der Waals surface area contributed by atoms with E-state index in [4.69, 9.17) is 0 Å². The molecule has 0 spiro atoms. The molecule has 36 heavy (non-hydrogen) atoms. The zero-order valence-corrected chi connectivity index (χ0v) is 20.4. The van der Waals surface area contributed by atoms with Crippen LogP contribution in [0.2, 0.25) is 0 Å². The number of aromatic nitrogens is 1. The van der Waals surface area contributed by atoms with Gasteiger partial charge in [-0.15, -0.1) is 0 Å².